The molecule has 2 aliphatic heterocycles. The Kier molecular flexibility index (Phi) is 7.65. The average molecular weight is 490 g/mol. The number of nitrogens with one attached hydrogen (secondary N) is 1. The van der Waals surface area contributed by atoms with E-state index in [9.17, 15) is 24.3 Å². The number of aliphatic carboxylic acids is 2. The zero-order chi connectivity index (χ0) is 22.0. The fourth-order valence-electron chi connectivity index (χ4n) is 2.76. The number of hydrogen-bond acceptors (Lipinski definition) is 10. The molecule has 1 fully saturated rings. The molecule has 1 saturated heterocycles. The fourth-order valence-corrected chi connectivity index (χ4v) is 4.65. The van der Waals surface area contributed by atoms with E-state index in [1.807, 2.05) is 0 Å². The summed E-state index contributed by atoms with van der Waals surface area (Å²) in [6, 6.07) is -1.01. The van der Waals surface area contributed by atoms with Crippen molar-refractivity contribution >= 4 is 70.1 Å². The Morgan fingerprint density at radius 2 is 2.16 bits per heavy atom. The predicted molar refractivity (Wildman–Crippen MR) is 114 cm³/mol. The number of carboxylic acid groups (broad SMARTS) is 2. The summed E-state index contributed by atoms with van der Waals surface area (Å²) < 4.78 is 0. The molecule has 15 heteroatoms. The molecule has 0 aromatic carbocycles. The van der Waals surface area contributed by atoms with Crippen LogP contribution < -0.4 is 11.1 Å². The van der Waals surface area contributed by atoms with Gasteiger partial charge in [-0.15, -0.1) is 35.5 Å². The quantitative estimate of drug-likeness (QED) is 0.218. The van der Waals surface area contributed by atoms with Gasteiger partial charge in [-0.2, -0.15) is 0 Å². The van der Waals surface area contributed by atoms with Crippen molar-refractivity contribution in [2.24, 2.45) is 5.16 Å². The van der Waals surface area contributed by atoms with Gasteiger partial charge in [0, 0.05) is 11.1 Å². The van der Waals surface area contributed by atoms with Crippen molar-refractivity contribution in [3.05, 3.63) is 35.0 Å². The van der Waals surface area contributed by atoms with Crippen LogP contribution in [0, 0.1) is 0 Å². The van der Waals surface area contributed by atoms with Gasteiger partial charge < -0.3 is 26.1 Å². The number of fused-ring (bicyclic) bond motifs is 1. The van der Waals surface area contributed by atoms with Crippen molar-refractivity contribution in [2.75, 3.05) is 18.1 Å². The van der Waals surface area contributed by atoms with Crippen LogP contribution >= 0.6 is 35.5 Å². The molecule has 2 amide bonds. The summed E-state index contributed by atoms with van der Waals surface area (Å²) in [5.41, 5.74) is 5.48. The van der Waals surface area contributed by atoms with E-state index in [0.29, 0.717) is 11.3 Å². The van der Waals surface area contributed by atoms with Gasteiger partial charge in [0.1, 0.15) is 22.8 Å². The lowest BCUT2D eigenvalue weighted by Crippen LogP contribution is -2.71. The van der Waals surface area contributed by atoms with Crippen LogP contribution in [0.3, 0.4) is 0 Å². The lowest BCUT2D eigenvalue weighted by molar-refractivity contribution is -0.150. The number of oxime groups is 1. The highest BCUT2D eigenvalue weighted by Gasteiger charge is 2.54. The minimum atomic E-state index is -1.30. The van der Waals surface area contributed by atoms with Crippen LogP contribution in [-0.4, -0.2) is 73.3 Å². The summed E-state index contributed by atoms with van der Waals surface area (Å²) in [5, 5.41) is 25.0. The van der Waals surface area contributed by atoms with Crippen molar-refractivity contribution in [2.45, 2.75) is 11.4 Å². The lowest BCUT2D eigenvalue weighted by atomic mass is 10.0. The Morgan fingerprint density at radius 3 is 2.71 bits per heavy atom. The average Bonchev–Trinajstić information content (AvgIpc) is 3.13. The third-order valence-electron chi connectivity index (χ3n) is 4.06. The van der Waals surface area contributed by atoms with Gasteiger partial charge in [-0.25, -0.2) is 14.6 Å². The number of allylic oxidation sites excluding steroid dienone is 1. The minimum absolute atomic E-state index is 0. The molecule has 0 aliphatic carbocycles. The zero-order valence-electron chi connectivity index (χ0n) is 15.5. The number of rotatable bonds is 8. The first-order valence-corrected chi connectivity index (χ1v) is 10.1. The summed E-state index contributed by atoms with van der Waals surface area (Å²) in [5.74, 6) is -3.72. The molecule has 2 aliphatic rings. The van der Waals surface area contributed by atoms with E-state index in [-0.39, 0.29) is 34.6 Å². The maximum atomic E-state index is 12.7. The highest BCUT2D eigenvalue weighted by atomic mass is 35.5. The number of aromatic nitrogens is 1. The first-order chi connectivity index (χ1) is 14.2. The summed E-state index contributed by atoms with van der Waals surface area (Å²) in [6.45, 7) is 2.77. The Hall–Kier alpha value is -3.10. The number of anilines is 1. The van der Waals surface area contributed by atoms with Crippen LogP contribution in [0.4, 0.5) is 5.13 Å². The molecular formula is C16H16ClN5O7S2. The number of halogens is 1. The number of carbonyl (C=O) groups excluding carboxylic acids is 2. The number of nitrogens with two attached hydrogens (primary N) is 1. The van der Waals surface area contributed by atoms with E-state index in [1.54, 1.807) is 0 Å². The number of β-lactam (4-membered cyclic amide) rings is 1. The Labute approximate surface area is 189 Å². The van der Waals surface area contributed by atoms with Crippen molar-refractivity contribution in [1.82, 2.24) is 15.2 Å². The number of carboxylic acids is 2. The summed E-state index contributed by atoms with van der Waals surface area (Å²) in [6.07, 6.45) is 1.38. The van der Waals surface area contributed by atoms with E-state index in [2.05, 4.69) is 26.9 Å². The second kappa shape index (κ2) is 9.80. The molecular weight excluding hydrogens is 474 g/mol. The zero-order valence-corrected chi connectivity index (χ0v) is 18.0. The van der Waals surface area contributed by atoms with E-state index < -0.39 is 41.8 Å². The van der Waals surface area contributed by atoms with Gasteiger partial charge in [-0.1, -0.05) is 17.8 Å². The molecule has 31 heavy (non-hydrogen) atoms. The molecule has 3 heterocycles. The summed E-state index contributed by atoms with van der Waals surface area (Å²) in [7, 11) is 0. The second-order valence-electron chi connectivity index (χ2n) is 5.92. The SMILES string of the molecule is C=CC1=C(C(=O)O)N2C(=O)C(NC(=O)C(=NOCC(=O)O)c3csc(N)n3)[C@@H]2SC1.Cl. The number of carbonyl (C=O) groups is 4. The van der Waals surface area contributed by atoms with Crippen LogP contribution in [0.25, 0.3) is 0 Å². The standard InChI is InChI=1S/C16H15N5O7S2.ClH/c1-2-6-4-29-14-10(13(25)21(14)11(6)15(26)27)19-12(24)9(20-28-3-8(22)23)7-5-30-16(17)18-7;/h2,5,10,14H,1,3-4H2,(H2,17,18)(H,19,24)(H,22,23)(H,26,27);1H/t10?,14-;/m0./s1. The fraction of sp³-hybridized carbons (Fsp3) is 0.250. The number of thioether (sulfide) groups is 1. The van der Waals surface area contributed by atoms with Crippen LogP contribution in [0.2, 0.25) is 0 Å². The van der Waals surface area contributed by atoms with Gasteiger partial charge in [-0.3, -0.25) is 14.5 Å². The molecule has 12 nitrogen and oxygen atoms in total. The van der Waals surface area contributed by atoms with Gasteiger partial charge in [-0.05, 0) is 5.57 Å². The molecule has 5 N–H and O–H groups in total. The summed E-state index contributed by atoms with van der Waals surface area (Å²) >= 11 is 2.30. The normalized spacial score (nSPS) is 20.2. The maximum absolute atomic E-state index is 12.7. The van der Waals surface area contributed by atoms with Crippen LogP contribution in [0.5, 0.6) is 0 Å². The highest BCUT2D eigenvalue weighted by Crippen LogP contribution is 2.40. The highest BCUT2D eigenvalue weighted by molar-refractivity contribution is 8.00. The van der Waals surface area contributed by atoms with Crippen molar-refractivity contribution in [3.63, 3.8) is 0 Å². The Balaban J connectivity index is 0.00000341. The number of amides is 2. The van der Waals surface area contributed by atoms with Crippen LogP contribution in [0.15, 0.2) is 34.5 Å². The molecule has 1 aromatic rings. The number of thiazole rings is 1. The molecule has 0 bridgehead atoms. The molecule has 2 atom stereocenters. The largest absolute Gasteiger partial charge is 0.479 e. The van der Waals surface area contributed by atoms with E-state index in [0.717, 1.165) is 16.2 Å². The first kappa shape index (κ1) is 24.2. The monoisotopic (exact) mass is 489 g/mol. The van der Waals surface area contributed by atoms with Gasteiger partial charge in [0.2, 0.25) is 6.61 Å². The molecule has 166 valence electrons. The first-order valence-electron chi connectivity index (χ1n) is 8.22. The number of nitrogen functional groups attached to an aromatic ring is 1. The van der Waals surface area contributed by atoms with Gasteiger partial charge in [0.25, 0.3) is 11.8 Å². The molecule has 1 unspecified atom stereocenters. The maximum Gasteiger partial charge on any atom is 0.352 e. The van der Waals surface area contributed by atoms with Crippen LogP contribution in [0.1, 0.15) is 5.69 Å². The Morgan fingerprint density at radius 1 is 1.45 bits per heavy atom. The lowest BCUT2D eigenvalue weighted by Gasteiger charge is -2.49. The third kappa shape index (κ3) is 4.81. The minimum Gasteiger partial charge on any atom is -0.479 e. The van der Waals surface area contributed by atoms with Gasteiger partial charge in [0.15, 0.2) is 10.8 Å². The molecule has 0 radical (unpaired) electrons. The number of hydrogen-bond donors (Lipinski definition) is 4. The summed E-state index contributed by atoms with van der Waals surface area (Å²) in [4.78, 5) is 57.1. The molecule has 1 aromatic heterocycles. The number of nitrogens with zero attached hydrogens (tertiary/aromatic N) is 3. The van der Waals surface area contributed by atoms with E-state index in [4.69, 9.17) is 10.8 Å². The van der Waals surface area contributed by atoms with E-state index in [1.165, 1.54) is 23.2 Å². The smallest absolute Gasteiger partial charge is 0.352 e. The topological polar surface area (TPSA) is 185 Å². The van der Waals surface area contributed by atoms with Gasteiger partial charge >= 0.3 is 11.9 Å². The van der Waals surface area contributed by atoms with Crippen molar-refractivity contribution in [1.29, 1.82) is 0 Å². The van der Waals surface area contributed by atoms with E-state index >= 15 is 0 Å². The van der Waals surface area contributed by atoms with Crippen molar-refractivity contribution < 1.29 is 34.2 Å². The second-order valence-corrected chi connectivity index (χ2v) is 7.92. The van der Waals surface area contributed by atoms with Crippen LogP contribution in [-0.2, 0) is 24.0 Å². The third-order valence-corrected chi connectivity index (χ3v) is 6.03. The molecule has 0 spiro atoms. The molecule has 0 saturated carbocycles. The Bertz CT molecular complexity index is 1010. The van der Waals surface area contributed by atoms with Gasteiger partial charge in [0.05, 0.1) is 0 Å². The predicted octanol–water partition coefficient (Wildman–Crippen LogP) is -0.123. The van der Waals surface area contributed by atoms with Crippen molar-refractivity contribution in [3.8, 4) is 0 Å². The molecule has 3 rings (SSSR count).